The highest BCUT2D eigenvalue weighted by molar-refractivity contribution is 6.30. The van der Waals surface area contributed by atoms with E-state index in [9.17, 15) is 23.1 Å². The van der Waals surface area contributed by atoms with E-state index in [4.69, 9.17) is 20.8 Å². The van der Waals surface area contributed by atoms with Crippen LogP contribution < -0.4 is 10.2 Å². The topological polar surface area (TPSA) is 62.9 Å². The Kier molecular flexibility index (Phi) is 6.09. The SMILES string of the molecule is CC1CCN(Cc2c(O)ccc3c(=O)c(Oc4ccc(Cl)cc4)c(C(F)(F)F)oc23)CC1. The van der Waals surface area contributed by atoms with Gasteiger partial charge in [0.15, 0.2) is 0 Å². The molecule has 1 N–H and O–H groups in total. The summed E-state index contributed by atoms with van der Waals surface area (Å²) < 4.78 is 52.1. The van der Waals surface area contributed by atoms with Crippen molar-refractivity contribution in [2.75, 3.05) is 13.1 Å². The van der Waals surface area contributed by atoms with Crippen molar-refractivity contribution >= 4 is 22.6 Å². The van der Waals surface area contributed by atoms with E-state index < -0.39 is 23.1 Å². The van der Waals surface area contributed by atoms with E-state index in [1.807, 2.05) is 4.90 Å². The zero-order chi connectivity index (χ0) is 23.0. The minimum Gasteiger partial charge on any atom is -0.507 e. The summed E-state index contributed by atoms with van der Waals surface area (Å²) in [6.07, 6.45) is -3.09. The molecule has 2 heterocycles. The number of hydrogen-bond acceptors (Lipinski definition) is 5. The molecule has 1 aliphatic heterocycles. The lowest BCUT2D eigenvalue weighted by Gasteiger charge is -2.30. The fourth-order valence-electron chi connectivity index (χ4n) is 3.78. The van der Waals surface area contributed by atoms with Gasteiger partial charge in [0.2, 0.25) is 11.2 Å². The molecule has 0 spiro atoms. The van der Waals surface area contributed by atoms with Crippen LogP contribution in [0.5, 0.6) is 17.2 Å². The van der Waals surface area contributed by atoms with Crippen LogP contribution in [-0.4, -0.2) is 23.1 Å². The van der Waals surface area contributed by atoms with Gasteiger partial charge in [0.25, 0.3) is 5.76 Å². The van der Waals surface area contributed by atoms with Gasteiger partial charge in [-0.25, -0.2) is 0 Å². The summed E-state index contributed by atoms with van der Waals surface area (Å²) >= 11 is 5.80. The molecule has 0 unspecified atom stereocenters. The third kappa shape index (κ3) is 4.56. The second-order valence-electron chi connectivity index (χ2n) is 8.04. The third-order valence-electron chi connectivity index (χ3n) is 5.65. The highest BCUT2D eigenvalue weighted by Gasteiger charge is 2.41. The first-order valence-electron chi connectivity index (χ1n) is 10.2. The van der Waals surface area contributed by atoms with Crippen LogP contribution >= 0.6 is 11.6 Å². The number of benzene rings is 2. The van der Waals surface area contributed by atoms with Crippen molar-refractivity contribution in [1.82, 2.24) is 4.90 Å². The number of alkyl halides is 3. The lowest BCUT2D eigenvalue weighted by atomic mass is 9.98. The van der Waals surface area contributed by atoms with Crippen LogP contribution in [0.2, 0.25) is 5.02 Å². The maximum atomic E-state index is 13.9. The monoisotopic (exact) mass is 467 g/mol. The van der Waals surface area contributed by atoms with Gasteiger partial charge >= 0.3 is 6.18 Å². The maximum absolute atomic E-state index is 13.9. The molecule has 0 radical (unpaired) electrons. The van der Waals surface area contributed by atoms with Gasteiger partial charge in [-0.2, -0.15) is 13.2 Å². The quantitative estimate of drug-likeness (QED) is 0.495. The van der Waals surface area contributed by atoms with Gasteiger partial charge in [-0.1, -0.05) is 18.5 Å². The van der Waals surface area contributed by atoms with Gasteiger partial charge in [-0.3, -0.25) is 9.69 Å². The summed E-state index contributed by atoms with van der Waals surface area (Å²) in [6, 6.07) is 8.11. The fourth-order valence-corrected chi connectivity index (χ4v) is 3.91. The molecular weight excluding hydrogens is 447 g/mol. The summed E-state index contributed by atoms with van der Waals surface area (Å²) in [5, 5.41) is 10.7. The molecule has 1 fully saturated rings. The second-order valence-corrected chi connectivity index (χ2v) is 8.48. The van der Waals surface area contributed by atoms with Crippen molar-refractivity contribution in [2.24, 2.45) is 5.92 Å². The molecule has 0 saturated carbocycles. The van der Waals surface area contributed by atoms with Crippen LogP contribution in [-0.2, 0) is 12.7 Å². The lowest BCUT2D eigenvalue weighted by molar-refractivity contribution is -0.154. The normalized spacial score (nSPS) is 15.9. The number of halogens is 4. The van der Waals surface area contributed by atoms with Gasteiger partial charge in [-0.05, 0) is 68.2 Å². The molecule has 1 saturated heterocycles. The number of hydrogen-bond donors (Lipinski definition) is 1. The zero-order valence-electron chi connectivity index (χ0n) is 17.2. The average Bonchev–Trinajstić information content (AvgIpc) is 2.74. The molecule has 0 amide bonds. The van der Waals surface area contributed by atoms with E-state index >= 15 is 0 Å². The van der Waals surface area contributed by atoms with Crippen LogP contribution in [0.4, 0.5) is 13.2 Å². The Bertz CT molecular complexity index is 1180. The van der Waals surface area contributed by atoms with Gasteiger partial charge in [-0.15, -0.1) is 0 Å². The molecule has 9 heteroatoms. The molecule has 1 aliphatic rings. The summed E-state index contributed by atoms with van der Waals surface area (Å²) in [4.78, 5) is 15.1. The number of nitrogens with zero attached hydrogens (tertiary/aromatic N) is 1. The Balaban J connectivity index is 1.83. The lowest BCUT2D eigenvalue weighted by Crippen LogP contribution is -2.32. The predicted molar refractivity (Wildman–Crippen MR) is 114 cm³/mol. The first-order chi connectivity index (χ1) is 15.1. The highest BCUT2D eigenvalue weighted by Crippen LogP contribution is 2.40. The van der Waals surface area contributed by atoms with Crippen molar-refractivity contribution in [3.05, 3.63) is 63.0 Å². The van der Waals surface area contributed by atoms with Crippen molar-refractivity contribution in [3.8, 4) is 17.2 Å². The second kappa shape index (κ2) is 8.67. The molecule has 2 aromatic carbocycles. The molecule has 0 bridgehead atoms. The minimum atomic E-state index is -4.99. The Hall–Kier alpha value is -2.71. The highest BCUT2D eigenvalue weighted by atomic mass is 35.5. The van der Waals surface area contributed by atoms with Gasteiger partial charge < -0.3 is 14.3 Å². The average molecular weight is 468 g/mol. The number of fused-ring (bicyclic) bond motifs is 1. The standard InChI is InChI=1S/C23H21ClF3NO4/c1-13-8-10-28(11-9-13)12-17-18(29)7-6-16-19(30)21(22(23(25,26)27)32-20(16)17)31-15-4-2-14(24)3-5-15/h2-7,13,29H,8-12H2,1H3. The van der Waals surface area contributed by atoms with E-state index in [1.165, 1.54) is 36.4 Å². The number of rotatable bonds is 4. The number of phenols is 1. The Morgan fingerprint density at radius 1 is 1.16 bits per heavy atom. The van der Waals surface area contributed by atoms with Gasteiger partial charge in [0, 0.05) is 11.6 Å². The number of likely N-dealkylation sites (tertiary alicyclic amines) is 1. The van der Waals surface area contributed by atoms with Crippen molar-refractivity contribution in [2.45, 2.75) is 32.5 Å². The summed E-state index contributed by atoms with van der Waals surface area (Å²) in [6.45, 7) is 3.80. The van der Waals surface area contributed by atoms with Crippen LogP contribution in [0.25, 0.3) is 11.0 Å². The number of aromatic hydroxyl groups is 1. The van der Waals surface area contributed by atoms with E-state index in [1.54, 1.807) is 0 Å². The van der Waals surface area contributed by atoms with E-state index in [0.29, 0.717) is 10.9 Å². The first-order valence-corrected chi connectivity index (χ1v) is 10.6. The molecular formula is C23H21ClF3NO4. The number of phenolic OH excluding ortho intramolecular Hbond substituents is 1. The molecule has 0 aliphatic carbocycles. The summed E-state index contributed by atoms with van der Waals surface area (Å²) in [5.74, 6) is -2.17. The van der Waals surface area contributed by atoms with E-state index in [2.05, 4.69) is 6.92 Å². The molecule has 4 rings (SSSR count). The minimum absolute atomic E-state index is 0.00740. The summed E-state index contributed by atoms with van der Waals surface area (Å²) in [5.41, 5.74) is -1.11. The van der Waals surface area contributed by atoms with Crippen LogP contribution in [0.1, 0.15) is 31.1 Å². The Morgan fingerprint density at radius 3 is 2.44 bits per heavy atom. The first kappa shape index (κ1) is 22.5. The number of ether oxygens (including phenoxy) is 1. The fraction of sp³-hybridized carbons (Fsp3) is 0.348. The summed E-state index contributed by atoms with van der Waals surface area (Å²) in [7, 11) is 0. The predicted octanol–water partition coefficient (Wildman–Crippen LogP) is 6.20. The van der Waals surface area contributed by atoms with E-state index in [-0.39, 0.29) is 34.6 Å². The van der Waals surface area contributed by atoms with Crippen LogP contribution in [0.15, 0.2) is 45.6 Å². The molecule has 5 nitrogen and oxygen atoms in total. The third-order valence-corrected chi connectivity index (χ3v) is 5.90. The van der Waals surface area contributed by atoms with Gasteiger partial charge in [0.1, 0.15) is 17.1 Å². The number of piperidine rings is 1. The van der Waals surface area contributed by atoms with Crippen LogP contribution in [0, 0.1) is 5.92 Å². The van der Waals surface area contributed by atoms with Crippen molar-refractivity contribution in [3.63, 3.8) is 0 Å². The molecule has 3 aromatic rings. The zero-order valence-corrected chi connectivity index (χ0v) is 18.0. The largest absolute Gasteiger partial charge is 0.507 e. The van der Waals surface area contributed by atoms with Crippen LogP contribution in [0.3, 0.4) is 0 Å². The molecule has 170 valence electrons. The Labute approximate surface area is 187 Å². The van der Waals surface area contributed by atoms with Gasteiger partial charge in [0.05, 0.1) is 10.9 Å². The van der Waals surface area contributed by atoms with E-state index in [0.717, 1.165) is 25.9 Å². The molecule has 0 atom stereocenters. The smallest absolute Gasteiger partial charge is 0.453 e. The molecule has 1 aromatic heterocycles. The van der Waals surface area contributed by atoms with Crippen molar-refractivity contribution < 1.29 is 27.4 Å². The van der Waals surface area contributed by atoms with Crippen molar-refractivity contribution in [1.29, 1.82) is 0 Å². The molecule has 32 heavy (non-hydrogen) atoms. The Morgan fingerprint density at radius 2 is 1.81 bits per heavy atom. The maximum Gasteiger partial charge on any atom is 0.453 e.